The molecule has 0 bridgehead atoms. The number of rotatable bonds is 11. The van der Waals surface area contributed by atoms with E-state index in [0.717, 1.165) is 36.3 Å². The van der Waals surface area contributed by atoms with E-state index >= 15 is 0 Å². The summed E-state index contributed by atoms with van der Waals surface area (Å²) in [5, 5.41) is 9.52. The van der Waals surface area contributed by atoms with Crippen LogP contribution in [-0.4, -0.2) is 30.5 Å². The average Bonchev–Trinajstić information content (AvgIpc) is 2.83. The van der Waals surface area contributed by atoms with Crippen LogP contribution in [0.4, 0.5) is 5.69 Å². The number of benzene rings is 2. The first-order valence-electron chi connectivity index (χ1n) is 11.3. The summed E-state index contributed by atoms with van der Waals surface area (Å²) in [4.78, 5) is 17.7. The lowest BCUT2D eigenvalue weighted by Gasteiger charge is -2.32. The number of aliphatic imine (C=N–C) groups is 1. The van der Waals surface area contributed by atoms with Crippen molar-refractivity contribution in [1.82, 2.24) is 0 Å². The zero-order valence-electron chi connectivity index (χ0n) is 19.0. The van der Waals surface area contributed by atoms with Crippen molar-refractivity contribution in [3.63, 3.8) is 0 Å². The van der Waals surface area contributed by atoms with Crippen LogP contribution in [0.1, 0.15) is 51.6 Å². The van der Waals surface area contributed by atoms with Crippen LogP contribution in [0.15, 0.2) is 65.4 Å². The van der Waals surface area contributed by atoms with Gasteiger partial charge in [0.1, 0.15) is 11.5 Å². The molecule has 2 atom stereocenters. The van der Waals surface area contributed by atoms with Crippen LogP contribution >= 0.6 is 0 Å². The van der Waals surface area contributed by atoms with Crippen molar-refractivity contribution in [2.45, 2.75) is 46.1 Å². The van der Waals surface area contributed by atoms with Gasteiger partial charge in [0.15, 0.2) is 5.70 Å². The van der Waals surface area contributed by atoms with Crippen molar-refractivity contribution < 1.29 is 19.4 Å². The third-order valence-electron chi connectivity index (χ3n) is 5.49. The molecule has 32 heavy (non-hydrogen) atoms. The molecule has 2 aromatic carbocycles. The minimum Gasteiger partial charge on any atom is -0.494 e. The maximum Gasteiger partial charge on any atom is 0.356 e. The number of hydrogen-bond donors (Lipinski definition) is 1. The number of ether oxygens (including phenoxy) is 2. The van der Waals surface area contributed by atoms with E-state index in [2.05, 4.69) is 25.8 Å². The van der Waals surface area contributed by atoms with E-state index in [-0.39, 0.29) is 11.7 Å². The molecular formula is C26H32N2O4. The Morgan fingerprint density at radius 2 is 1.88 bits per heavy atom. The number of aliphatic carboxylic acids is 1. The van der Waals surface area contributed by atoms with Crippen molar-refractivity contribution in [3.05, 3.63) is 66.0 Å². The molecule has 0 aromatic heterocycles. The highest BCUT2D eigenvalue weighted by molar-refractivity contribution is 5.92. The van der Waals surface area contributed by atoms with Gasteiger partial charge in [0, 0.05) is 12.4 Å². The number of nitrogens with zero attached hydrogens (tertiary/aromatic N) is 2. The predicted octanol–water partition coefficient (Wildman–Crippen LogP) is 5.85. The maximum absolute atomic E-state index is 11.6. The molecule has 2 aromatic rings. The van der Waals surface area contributed by atoms with E-state index in [1.165, 1.54) is 0 Å². The highest BCUT2D eigenvalue weighted by Crippen LogP contribution is 2.37. The molecule has 1 aliphatic heterocycles. The van der Waals surface area contributed by atoms with Gasteiger partial charge in [0.25, 0.3) is 0 Å². The molecule has 0 radical (unpaired) electrons. The Kier molecular flexibility index (Phi) is 8.31. The monoisotopic (exact) mass is 436 g/mol. The molecule has 6 heteroatoms. The molecule has 170 valence electrons. The molecule has 6 nitrogen and oxygen atoms in total. The quantitative estimate of drug-likeness (QED) is 0.448. The van der Waals surface area contributed by atoms with Gasteiger partial charge in [0.2, 0.25) is 0 Å². The van der Waals surface area contributed by atoms with Crippen molar-refractivity contribution >= 4 is 17.9 Å². The molecule has 0 spiro atoms. The lowest BCUT2D eigenvalue weighted by Crippen LogP contribution is -2.29. The van der Waals surface area contributed by atoms with Crippen molar-refractivity contribution in [3.8, 4) is 11.5 Å². The first-order chi connectivity index (χ1) is 15.5. The van der Waals surface area contributed by atoms with Gasteiger partial charge in [-0.05, 0) is 42.2 Å². The molecular weight excluding hydrogens is 404 g/mol. The fourth-order valence-electron chi connectivity index (χ4n) is 3.28. The van der Waals surface area contributed by atoms with Crippen LogP contribution in [0.25, 0.3) is 0 Å². The fraction of sp³-hybridized carbons (Fsp3) is 0.385. The average molecular weight is 437 g/mol. The maximum atomic E-state index is 11.6. The van der Waals surface area contributed by atoms with E-state index in [4.69, 9.17) is 9.47 Å². The molecule has 2 unspecified atom stereocenters. The lowest BCUT2D eigenvalue weighted by molar-refractivity contribution is -0.132. The number of carboxylic acid groups (broad SMARTS) is 1. The van der Waals surface area contributed by atoms with E-state index < -0.39 is 5.97 Å². The summed E-state index contributed by atoms with van der Waals surface area (Å²) in [6, 6.07) is 15.3. The summed E-state index contributed by atoms with van der Waals surface area (Å²) < 4.78 is 11.9. The van der Waals surface area contributed by atoms with Gasteiger partial charge >= 0.3 is 5.97 Å². The highest BCUT2D eigenvalue weighted by Gasteiger charge is 2.26. The van der Waals surface area contributed by atoms with Crippen molar-refractivity contribution in [1.29, 1.82) is 0 Å². The van der Waals surface area contributed by atoms with E-state index in [1.807, 2.05) is 53.4 Å². The second-order valence-corrected chi connectivity index (χ2v) is 8.01. The third-order valence-corrected chi connectivity index (χ3v) is 5.49. The molecule has 0 amide bonds. The van der Waals surface area contributed by atoms with Crippen molar-refractivity contribution in [2.24, 2.45) is 10.9 Å². The Morgan fingerprint density at radius 3 is 2.56 bits per heavy atom. The Morgan fingerprint density at radius 1 is 1.12 bits per heavy atom. The first-order valence-corrected chi connectivity index (χ1v) is 11.3. The fourth-order valence-corrected chi connectivity index (χ4v) is 3.28. The minimum atomic E-state index is -1.07. The number of para-hydroxylation sites is 2. The zero-order chi connectivity index (χ0) is 22.9. The Bertz CT molecular complexity index is 953. The van der Waals surface area contributed by atoms with E-state index in [1.54, 1.807) is 12.4 Å². The topological polar surface area (TPSA) is 71.4 Å². The predicted molar refractivity (Wildman–Crippen MR) is 128 cm³/mol. The standard InChI is InChI=1S/C26H32N2O4/c1-4-6-15-31-21-13-11-20(12-14-21)24-16-27-22(26(29)30)17-28(24)23-9-7-8-10-25(23)32-18-19(3)5-2/h7-14,16-17,19,24H,4-6,15,18H2,1-3H3,(H,29,30). The largest absolute Gasteiger partial charge is 0.494 e. The number of carboxylic acids is 1. The second-order valence-electron chi connectivity index (χ2n) is 8.01. The van der Waals surface area contributed by atoms with Crippen molar-refractivity contribution in [2.75, 3.05) is 18.1 Å². The van der Waals surface area contributed by atoms with Gasteiger partial charge in [-0.15, -0.1) is 0 Å². The Hall–Kier alpha value is -3.28. The molecule has 0 saturated heterocycles. The number of unbranched alkanes of at least 4 members (excludes halogenated alkanes) is 1. The molecule has 1 N–H and O–H groups in total. The van der Waals surface area contributed by atoms with Gasteiger partial charge in [-0.25, -0.2) is 9.79 Å². The second kappa shape index (κ2) is 11.4. The van der Waals surface area contributed by atoms with E-state index in [0.29, 0.717) is 24.9 Å². The highest BCUT2D eigenvalue weighted by atomic mass is 16.5. The smallest absolute Gasteiger partial charge is 0.356 e. The summed E-state index contributed by atoms with van der Waals surface area (Å²) in [7, 11) is 0. The number of hydrogen-bond acceptors (Lipinski definition) is 5. The van der Waals surface area contributed by atoms with Crippen LogP contribution in [0.5, 0.6) is 11.5 Å². The molecule has 3 rings (SSSR count). The molecule has 0 saturated carbocycles. The lowest BCUT2D eigenvalue weighted by atomic mass is 10.0. The summed E-state index contributed by atoms with van der Waals surface area (Å²) in [6.07, 6.45) is 6.37. The number of carbonyl (C=O) groups is 1. The van der Waals surface area contributed by atoms with Gasteiger partial charge in [0.05, 0.1) is 24.9 Å². The molecule has 1 aliphatic rings. The molecule has 0 fully saturated rings. The minimum absolute atomic E-state index is 0.0162. The number of anilines is 1. The Labute approximate surface area is 190 Å². The van der Waals surface area contributed by atoms with Gasteiger partial charge in [-0.2, -0.15) is 0 Å². The normalized spacial score (nSPS) is 16.4. The first kappa shape index (κ1) is 23.4. The van der Waals surface area contributed by atoms with Gasteiger partial charge in [-0.3, -0.25) is 0 Å². The van der Waals surface area contributed by atoms with Gasteiger partial charge in [-0.1, -0.05) is 57.9 Å². The summed E-state index contributed by atoms with van der Waals surface area (Å²) in [5.74, 6) is 0.892. The van der Waals surface area contributed by atoms with Crippen LogP contribution in [0.3, 0.4) is 0 Å². The molecule has 1 heterocycles. The third kappa shape index (κ3) is 5.90. The summed E-state index contributed by atoms with van der Waals surface area (Å²) >= 11 is 0. The SMILES string of the molecule is CCCCOc1ccc(C2C=NC(C(=O)O)=CN2c2ccccc2OCC(C)CC)cc1. The summed E-state index contributed by atoms with van der Waals surface area (Å²) in [5.41, 5.74) is 1.76. The summed E-state index contributed by atoms with van der Waals surface area (Å²) in [6.45, 7) is 7.70. The van der Waals surface area contributed by atoms with Crippen LogP contribution in [0.2, 0.25) is 0 Å². The molecule has 0 aliphatic carbocycles. The Balaban J connectivity index is 1.90. The van der Waals surface area contributed by atoms with Crippen LogP contribution in [-0.2, 0) is 4.79 Å². The van der Waals surface area contributed by atoms with Gasteiger partial charge < -0.3 is 19.5 Å². The van der Waals surface area contributed by atoms with Crippen LogP contribution < -0.4 is 14.4 Å². The van der Waals surface area contributed by atoms with Crippen LogP contribution in [0, 0.1) is 5.92 Å². The zero-order valence-corrected chi connectivity index (χ0v) is 19.0. The van der Waals surface area contributed by atoms with E-state index in [9.17, 15) is 9.90 Å².